The van der Waals surface area contributed by atoms with Gasteiger partial charge in [0.1, 0.15) is 11.8 Å². The Kier molecular flexibility index (Phi) is 6.91. The average molecular weight is 235 g/mol. The highest BCUT2D eigenvalue weighted by atomic mass is 16.5. The minimum Gasteiger partial charge on any atom is -0.382 e. The van der Waals surface area contributed by atoms with Gasteiger partial charge in [0.2, 0.25) is 0 Å². The third-order valence-electron chi connectivity index (χ3n) is 2.17. The fourth-order valence-corrected chi connectivity index (χ4v) is 1.29. The molecule has 1 rings (SSSR count). The van der Waals surface area contributed by atoms with Crippen molar-refractivity contribution in [3.63, 3.8) is 0 Å². The van der Waals surface area contributed by atoms with Gasteiger partial charge in [0.05, 0.1) is 19.8 Å². The van der Waals surface area contributed by atoms with Gasteiger partial charge in [-0.3, -0.25) is 0 Å². The van der Waals surface area contributed by atoms with E-state index in [2.05, 4.69) is 16.4 Å². The molecule has 0 unspecified atom stereocenters. The predicted molar refractivity (Wildman–Crippen MR) is 63.4 cm³/mol. The van der Waals surface area contributed by atoms with Crippen molar-refractivity contribution in [1.29, 1.82) is 5.26 Å². The first-order valence-electron chi connectivity index (χ1n) is 5.50. The van der Waals surface area contributed by atoms with Gasteiger partial charge in [-0.1, -0.05) is 6.07 Å². The number of ether oxygens (including phenoxy) is 2. The van der Waals surface area contributed by atoms with Crippen LogP contribution in [0.3, 0.4) is 0 Å². The van der Waals surface area contributed by atoms with Crippen LogP contribution in [0.4, 0.5) is 0 Å². The van der Waals surface area contributed by atoms with E-state index in [1.807, 2.05) is 12.1 Å². The molecule has 0 aliphatic rings. The molecule has 0 spiro atoms. The average Bonchev–Trinajstić information content (AvgIpc) is 2.38. The number of nitrogens with zero attached hydrogens (tertiary/aromatic N) is 2. The zero-order valence-electron chi connectivity index (χ0n) is 9.98. The molecule has 0 aliphatic carbocycles. The molecule has 0 aromatic carbocycles. The third kappa shape index (κ3) is 5.41. The summed E-state index contributed by atoms with van der Waals surface area (Å²) in [6.07, 6.45) is 1.62. The molecule has 0 fully saturated rings. The summed E-state index contributed by atoms with van der Waals surface area (Å²) in [6.45, 7) is 3.22. The summed E-state index contributed by atoms with van der Waals surface area (Å²) in [5.41, 5.74) is 1.38. The number of hydrogen-bond donors (Lipinski definition) is 1. The number of aromatic nitrogens is 1. The largest absolute Gasteiger partial charge is 0.382 e. The van der Waals surface area contributed by atoms with Crippen molar-refractivity contribution in [2.24, 2.45) is 0 Å². The van der Waals surface area contributed by atoms with Crippen LogP contribution in [0.25, 0.3) is 0 Å². The molecule has 0 aliphatic heterocycles. The van der Waals surface area contributed by atoms with Crippen LogP contribution in [-0.4, -0.2) is 38.5 Å². The maximum absolute atomic E-state index is 8.84. The van der Waals surface area contributed by atoms with Crippen LogP contribution < -0.4 is 5.32 Å². The monoisotopic (exact) mass is 235 g/mol. The molecule has 1 heterocycles. The van der Waals surface area contributed by atoms with Crippen molar-refractivity contribution in [2.75, 3.05) is 33.5 Å². The third-order valence-corrected chi connectivity index (χ3v) is 2.17. The second-order valence-electron chi connectivity index (χ2n) is 3.40. The van der Waals surface area contributed by atoms with Crippen molar-refractivity contribution in [3.8, 4) is 6.07 Å². The van der Waals surface area contributed by atoms with Crippen LogP contribution in [0.2, 0.25) is 0 Å². The van der Waals surface area contributed by atoms with Crippen LogP contribution in [0, 0.1) is 11.3 Å². The van der Waals surface area contributed by atoms with Crippen molar-refractivity contribution in [3.05, 3.63) is 29.6 Å². The van der Waals surface area contributed by atoms with Gasteiger partial charge >= 0.3 is 0 Å². The van der Waals surface area contributed by atoms with Crippen molar-refractivity contribution >= 4 is 0 Å². The molecule has 0 bridgehead atoms. The lowest BCUT2D eigenvalue weighted by atomic mass is 10.2. The Morgan fingerprint density at radius 1 is 1.41 bits per heavy atom. The van der Waals surface area contributed by atoms with E-state index in [9.17, 15) is 0 Å². The van der Waals surface area contributed by atoms with Crippen LogP contribution in [0.15, 0.2) is 18.3 Å². The Labute approximate surface area is 101 Å². The maximum atomic E-state index is 8.84. The number of methoxy groups -OCH3 is 1. The Hall–Kier alpha value is -1.48. The van der Waals surface area contributed by atoms with Gasteiger partial charge in [-0.15, -0.1) is 0 Å². The van der Waals surface area contributed by atoms with Gasteiger partial charge in [-0.25, -0.2) is 4.98 Å². The standard InChI is InChI=1S/C12H17N3O2/c1-16-7-8-17-6-5-14-10-11-3-2-4-15-12(11)9-13/h2-4,14H,5-8,10H2,1H3. The first kappa shape index (κ1) is 13.6. The maximum Gasteiger partial charge on any atom is 0.144 e. The predicted octanol–water partition coefficient (Wildman–Crippen LogP) is 0.706. The quantitative estimate of drug-likeness (QED) is 0.672. The van der Waals surface area contributed by atoms with Gasteiger partial charge in [-0.05, 0) is 6.07 Å². The second kappa shape index (κ2) is 8.65. The molecule has 17 heavy (non-hydrogen) atoms. The van der Waals surface area contributed by atoms with Crippen molar-refractivity contribution < 1.29 is 9.47 Å². The Morgan fingerprint density at radius 2 is 2.29 bits per heavy atom. The molecule has 1 aromatic rings. The smallest absolute Gasteiger partial charge is 0.144 e. The molecule has 0 saturated carbocycles. The van der Waals surface area contributed by atoms with E-state index < -0.39 is 0 Å². The molecule has 1 aromatic heterocycles. The molecule has 5 heteroatoms. The molecule has 1 N–H and O–H groups in total. The zero-order chi connectivity index (χ0) is 12.3. The molecule has 0 radical (unpaired) electrons. The number of pyridine rings is 1. The Morgan fingerprint density at radius 3 is 3.06 bits per heavy atom. The van der Waals surface area contributed by atoms with E-state index in [0.29, 0.717) is 32.1 Å². The summed E-state index contributed by atoms with van der Waals surface area (Å²) in [6, 6.07) is 5.79. The first-order chi connectivity index (χ1) is 8.38. The highest BCUT2D eigenvalue weighted by Crippen LogP contribution is 2.02. The fraction of sp³-hybridized carbons (Fsp3) is 0.500. The number of hydrogen-bond acceptors (Lipinski definition) is 5. The van der Waals surface area contributed by atoms with Gasteiger partial charge in [0, 0.05) is 32.0 Å². The lowest BCUT2D eigenvalue weighted by Crippen LogP contribution is -2.20. The van der Waals surface area contributed by atoms with E-state index >= 15 is 0 Å². The van der Waals surface area contributed by atoms with Crippen molar-refractivity contribution in [2.45, 2.75) is 6.54 Å². The second-order valence-corrected chi connectivity index (χ2v) is 3.40. The van der Waals surface area contributed by atoms with Crippen LogP contribution in [0.5, 0.6) is 0 Å². The fourth-order valence-electron chi connectivity index (χ4n) is 1.29. The molecule has 0 saturated heterocycles. The van der Waals surface area contributed by atoms with Gasteiger partial charge in [-0.2, -0.15) is 5.26 Å². The topological polar surface area (TPSA) is 67.2 Å². The molecular weight excluding hydrogens is 218 g/mol. The zero-order valence-corrected chi connectivity index (χ0v) is 9.98. The molecule has 92 valence electrons. The van der Waals surface area contributed by atoms with Gasteiger partial charge in [0.25, 0.3) is 0 Å². The first-order valence-corrected chi connectivity index (χ1v) is 5.50. The number of rotatable bonds is 8. The van der Waals surface area contributed by atoms with Gasteiger partial charge in [0.15, 0.2) is 0 Å². The van der Waals surface area contributed by atoms with Crippen molar-refractivity contribution in [1.82, 2.24) is 10.3 Å². The molecule has 5 nitrogen and oxygen atoms in total. The highest BCUT2D eigenvalue weighted by Gasteiger charge is 2.00. The molecule has 0 amide bonds. The molecular formula is C12H17N3O2. The Balaban J connectivity index is 2.16. The summed E-state index contributed by atoms with van der Waals surface area (Å²) in [7, 11) is 1.65. The highest BCUT2D eigenvalue weighted by molar-refractivity contribution is 5.30. The normalized spacial score (nSPS) is 10.1. The summed E-state index contributed by atoms with van der Waals surface area (Å²) >= 11 is 0. The summed E-state index contributed by atoms with van der Waals surface area (Å²) in [4.78, 5) is 3.99. The van der Waals surface area contributed by atoms with Crippen LogP contribution in [-0.2, 0) is 16.0 Å². The van der Waals surface area contributed by atoms with E-state index in [1.165, 1.54) is 0 Å². The lowest BCUT2D eigenvalue weighted by molar-refractivity contribution is 0.0719. The number of nitrogens with one attached hydrogen (secondary N) is 1. The Bertz CT molecular complexity index is 363. The van der Waals surface area contributed by atoms with E-state index in [4.69, 9.17) is 14.7 Å². The van der Waals surface area contributed by atoms with Gasteiger partial charge < -0.3 is 14.8 Å². The summed E-state index contributed by atoms with van der Waals surface area (Å²) in [5.74, 6) is 0. The lowest BCUT2D eigenvalue weighted by Gasteiger charge is -2.06. The summed E-state index contributed by atoms with van der Waals surface area (Å²) < 4.78 is 10.2. The minimum absolute atomic E-state index is 0.473. The number of nitriles is 1. The summed E-state index contributed by atoms with van der Waals surface area (Å²) in [5, 5.41) is 12.0. The SMILES string of the molecule is COCCOCCNCc1cccnc1C#N. The van der Waals surface area contributed by atoms with Crippen LogP contribution >= 0.6 is 0 Å². The van der Waals surface area contributed by atoms with E-state index in [-0.39, 0.29) is 0 Å². The molecule has 0 atom stereocenters. The van der Waals surface area contributed by atoms with E-state index in [0.717, 1.165) is 12.1 Å². The minimum atomic E-state index is 0.473. The van der Waals surface area contributed by atoms with E-state index in [1.54, 1.807) is 13.3 Å². The van der Waals surface area contributed by atoms with Crippen LogP contribution in [0.1, 0.15) is 11.3 Å².